The van der Waals surface area contributed by atoms with Crippen molar-refractivity contribution in [2.24, 2.45) is 5.92 Å². The number of aryl methyl sites for hydroxylation is 1. The molecule has 2 aliphatic rings. The van der Waals surface area contributed by atoms with Crippen LogP contribution in [0.4, 0.5) is 0 Å². The molecule has 3 aromatic rings. The zero-order chi connectivity index (χ0) is 21.2. The van der Waals surface area contributed by atoms with Crippen molar-refractivity contribution in [1.82, 2.24) is 29.5 Å². The highest BCUT2D eigenvalue weighted by Crippen LogP contribution is 2.35. The third-order valence-corrected chi connectivity index (χ3v) is 6.23. The molecule has 3 aromatic heterocycles. The molecule has 0 saturated carbocycles. The first-order chi connectivity index (χ1) is 15.2. The molecule has 1 amide bonds. The first kappa shape index (κ1) is 19.7. The number of likely N-dealkylation sites (tertiary alicyclic amines) is 1. The summed E-state index contributed by atoms with van der Waals surface area (Å²) >= 11 is 0. The molecule has 2 aliphatic heterocycles. The Hall–Kier alpha value is -3.20. The number of aromatic nitrogens is 4. The van der Waals surface area contributed by atoms with Crippen molar-refractivity contribution in [1.29, 1.82) is 0 Å². The van der Waals surface area contributed by atoms with E-state index in [0.717, 1.165) is 43.9 Å². The number of rotatable bonds is 7. The number of carbonyl (C=O) groups excluding carboxylic acids is 1. The summed E-state index contributed by atoms with van der Waals surface area (Å²) in [5.74, 6) is 1.37. The lowest BCUT2D eigenvalue weighted by molar-refractivity contribution is 0.0943. The van der Waals surface area contributed by atoms with Gasteiger partial charge in [0.05, 0.1) is 12.8 Å². The molecule has 0 radical (unpaired) electrons. The largest absolute Gasteiger partial charge is 0.468 e. The summed E-state index contributed by atoms with van der Waals surface area (Å²) in [6, 6.07) is 7.57. The zero-order valence-electron chi connectivity index (χ0n) is 17.3. The predicted octanol–water partition coefficient (Wildman–Crippen LogP) is 1.47. The van der Waals surface area contributed by atoms with Gasteiger partial charge in [0, 0.05) is 44.3 Å². The molecule has 0 aliphatic carbocycles. The van der Waals surface area contributed by atoms with Crippen LogP contribution in [0.15, 0.2) is 52.4 Å². The third kappa shape index (κ3) is 4.18. The molecule has 0 unspecified atom stereocenters. The van der Waals surface area contributed by atoms with Crippen molar-refractivity contribution in [2.45, 2.75) is 38.4 Å². The van der Waals surface area contributed by atoms with Crippen LogP contribution < -0.4 is 10.9 Å². The van der Waals surface area contributed by atoms with Gasteiger partial charge in [-0.05, 0) is 43.0 Å². The Morgan fingerprint density at radius 1 is 1.16 bits per heavy atom. The van der Waals surface area contributed by atoms with E-state index in [-0.39, 0.29) is 17.0 Å². The monoisotopic (exact) mass is 422 g/mol. The molecule has 1 fully saturated rings. The Morgan fingerprint density at radius 2 is 2.03 bits per heavy atom. The van der Waals surface area contributed by atoms with Crippen LogP contribution in [-0.4, -0.2) is 49.8 Å². The summed E-state index contributed by atoms with van der Waals surface area (Å²) in [5, 5.41) is 10.4. The van der Waals surface area contributed by atoms with Gasteiger partial charge in [-0.1, -0.05) is 0 Å². The first-order valence-electron chi connectivity index (χ1n) is 10.8. The highest BCUT2D eigenvalue weighted by atomic mass is 16.3. The Balaban J connectivity index is 1.24. The quantitative estimate of drug-likeness (QED) is 0.579. The third-order valence-electron chi connectivity index (χ3n) is 6.23. The highest BCUT2D eigenvalue weighted by molar-refractivity contribution is 5.93. The minimum atomic E-state index is -0.306. The molecule has 0 aromatic carbocycles. The van der Waals surface area contributed by atoms with E-state index in [9.17, 15) is 9.59 Å². The molecular weight excluding hydrogens is 396 g/mol. The normalized spacial score (nSPS) is 20.4. The molecule has 1 N–H and O–H groups in total. The molecule has 9 heteroatoms. The van der Waals surface area contributed by atoms with Crippen LogP contribution in [0.2, 0.25) is 0 Å². The van der Waals surface area contributed by atoms with Crippen molar-refractivity contribution in [3.05, 3.63) is 70.6 Å². The zero-order valence-corrected chi connectivity index (χ0v) is 17.3. The van der Waals surface area contributed by atoms with Crippen LogP contribution >= 0.6 is 0 Å². The summed E-state index contributed by atoms with van der Waals surface area (Å²) in [4.78, 5) is 28.1. The fourth-order valence-electron chi connectivity index (χ4n) is 4.87. The van der Waals surface area contributed by atoms with Gasteiger partial charge in [0.1, 0.15) is 24.0 Å². The van der Waals surface area contributed by atoms with Crippen molar-refractivity contribution < 1.29 is 9.21 Å². The number of pyridine rings is 1. The van der Waals surface area contributed by atoms with Crippen LogP contribution in [0, 0.1) is 5.92 Å². The van der Waals surface area contributed by atoms with Crippen LogP contribution in [-0.2, 0) is 19.6 Å². The van der Waals surface area contributed by atoms with E-state index in [1.165, 1.54) is 0 Å². The number of nitrogens with zero attached hydrogens (tertiary/aromatic N) is 5. The predicted molar refractivity (Wildman–Crippen MR) is 113 cm³/mol. The van der Waals surface area contributed by atoms with E-state index < -0.39 is 0 Å². The lowest BCUT2D eigenvalue weighted by Gasteiger charge is -2.42. The number of nitrogens with one attached hydrogen (secondary N) is 1. The summed E-state index contributed by atoms with van der Waals surface area (Å²) in [6.07, 6.45) is 6.82. The number of amides is 1. The molecule has 0 spiro atoms. The van der Waals surface area contributed by atoms with Crippen LogP contribution in [0.1, 0.15) is 40.6 Å². The topological polar surface area (TPSA) is 98.2 Å². The summed E-state index contributed by atoms with van der Waals surface area (Å²) in [5.41, 5.74) is 1.08. The Morgan fingerprint density at radius 3 is 2.84 bits per heavy atom. The lowest BCUT2D eigenvalue weighted by atomic mass is 9.83. The smallest absolute Gasteiger partial charge is 0.263 e. The molecule has 5 rings (SSSR count). The van der Waals surface area contributed by atoms with Gasteiger partial charge in [-0.25, -0.2) is 0 Å². The molecule has 2 bridgehead atoms. The minimum Gasteiger partial charge on any atom is -0.468 e. The van der Waals surface area contributed by atoms with Gasteiger partial charge < -0.3 is 18.9 Å². The van der Waals surface area contributed by atoms with Gasteiger partial charge >= 0.3 is 0 Å². The maximum atomic E-state index is 13.1. The van der Waals surface area contributed by atoms with E-state index in [4.69, 9.17) is 4.42 Å². The molecule has 2 atom stereocenters. The number of hydrogen-bond acceptors (Lipinski definition) is 6. The van der Waals surface area contributed by atoms with Crippen LogP contribution in [0.25, 0.3) is 0 Å². The van der Waals surface area contributed by atoms with Gasteiger partial charge in [0.2, 0.25) is 0 Å². The number of hydrogen-bond donors (Lipinski definition) is 1. The van der Waals surface area contributed by atoms with E-state index >= 15 is 0 Å². The second-order valence-corrected chi connectivity index (χ2v) is 8.47. The average Bonchev–Trinajstić information content (AvgIpc) is 3.46. The highest BCUT2D eigenvalue weighted by Gasteiger charge is 2.35. The fourth-order valence-corrected chi connectivity index (χ4v) is 4.87. The summed E-state index contributed by atoms with van der Waals surface area (Å²) in [6.45, 7) is 4.49. The van der Waals surface area contributed by atoms with Gasteiger partial charge in [-0.15, -0.1) is 10.2 Å². The molecular formula is C22H26N6O3. The van der Waals surface area contributed by atoms with Crippen molar-refractivity contribution in [3.8, 4) is 0 Å². The average molecular weight is 422 g/mol. The molecule has 5 heterocycles. The van der Waals surface area contributed by atoms with Gasteiger partial charge in [-0.3, -0.25) is 14.5 Å². The van der Waals surface area contributed by atoms with Crippen molar-refractivity contribution in [3.63, 3.8) is 0 Å². The molecule has 31 heavy (non-hydrogen) atoms. The lowest BCUT2D eigenvalue weighted by Crippen LogP contribution is -2.47. The minimum absolute atomic E-state index is 0.178. The van der Waals surface area contributed by atoms with Crippen molar-refractivity contribution >= 4 is 5.91 Å². The Labute approximate surface area is 179 Å². The van der Waals surface area contributed by atoms with E-state index in [1.807, 2.05) is 27.3 Å². The van der Waals surface area contributed by atoms with Gasteiger partial charge in [0.15, 0.2) is 0 Å². The fraction of sp³-hybridized carbons (Fsp3) is 0.455. The van der Waals surface area contributed by atoms with Crippen LogP contribution in [0.5, 0.6) is 0 Å². The number of furan rings is 1. The summed E-state index contributed by atoms with van der Waals surface area (Å²) in [7, 11) is 0. The Bertz CT molecular complexity index is 1090. The molecule has 1 saturated heterocycles. The number of piperidine rings is 1. The number of fused-ring (bicyclic) bond motifs is 4. The SMILES string of the molecule is O=C(NCCCn1cnnc1)c1ccc2n(c1=O)C[C@H]1C[C@@H]2CN(Cc2ccco2)C1. The standard InChI is InChI=1S/C22H26N6O3/c29-21(23-6-2-7-26-14-24-25-15-26)19-4-5-20-17-9-16(11-28(20)22(19)30)10-27(12-17)13-18-3-1-8-31-18/h1,3-5,8,14-17H,2,6-7,9-13H2,(H,23,29)/t16-,17+/m0/s1. The second kappa shape index (κ2) is 8.50. The van der Waals surface area contributed by atoms with Gasteiger partial charge in [0.25, 0.3) is 11.5 Å². The summed E-state index contributed by atoms with van der Waals surface area (Å²) < 4.78 is 9.18. The van der Waals surface area contributed by atoms with E-state index in [0.29, 0.717) is 31.5 Å². The van der Waals surface area contributed by atoms with Crippen molar-refractivity contribution in [2.75, 3.05) is 19.6 Å². The second-order valence-electron chi connectivity index (χ2n) is 8.47. The number of carbonyl (C=O) groups is 1. The van der Waals surface area contributed by atoms with E-state index in [1.54, 1.807) is 25.0 Å². The maximum absolute atomic E-state index is 13.1. The molecule has 9 nitrogen and oxygen atoms in total. The first-order valence-corrected chi connectivity index (χ1v) is 10.8. The molecule has 162 valence electrons. The maximum Gasteiger partial charge on any atom is 0.263 e. The Kier molecular flexibility index (Phi) is 5.42. The van der Waals surface area contributed by atoms with Gasteiger partial charge in [-0.2, -0.15) is 0 Å². The van der Waals surface area contributed by atoms with E-state index in [2.05, 4.69) is 20.4 Å². The van der Waals surface area contributed by atoms with Crippen LogP contribution in [0.3, 0.4) is 0 Å².